The van der Waals surface area contributed by atoms with E-state index < -0.39 is 0 Å². The van der Waals surface area contributed by atoms with Crippen molar-refractivity contribution >= 4 is 0 Å². The van der Waals surface area contributed by atoms with Gasteiger partial charge in [-0.05, 0) is 25.1 Å². The van der Waals surface area contributed by atoms with E-state index in [-0.39, 0.29) is 28.8 Å². The summed E-state index contributed by atoms with van der Waals surface area (Å²) in [6, 6.07) is 6.16. The molecule has 0 aliphatic carbocycles. The fraction of sp³-hybridized carbons (Fsp3) is 0.0769. The van der Waals surface area contributed by atoms with E-state index in [1.807, 2.05) is 0 Å². The van der Waals surface area contributed by atoms with E-state index in [2.05, 4.69) is 20.1 Å². The number of aryl methyl sites for hydroxylation is 1. The highest BCUT2D eigenvalue weighted by molar-refractivity contribution is 5.67. The van der Waals surface area contributed by atoms with Crippen LogP contribution in [0.3, 0.4) is 0 Å². The predicted molar refractivity (Wildman–Crippen MR) is 68.8 cm³/mol. The second kappa shape index (κ2) is 4.61. The Kier molecular flexibility index (Phi) is 2.79. The predicted octanol–water partition coefficient (Wildman–Crippen LogP) is 1.91. The second-order valence-corrected chi connectivity index (χ2v) is 4.09. The Hall–Kier alpha value is -2.96. The van der Waals surface area contributed by atoms with E-state index in [4.69, 9.17) is 4.52 Å². The summed E-state index contributed by atoms with van der Waals surface area (Å²) < 4.78 is 5.09. The number of hydrogen-bond acceptors (Lipinski definition) is 7. The molecule has 0 bridgehead atoms. The van der Waals surface area contributed by atoms with Gasteiger partial charge in [0, 0.05) is 6.20 Å². The molecule has 7 heteroatoms. The summed E-state index contributed by atoms with van der Waals surface area (Å²) in [5.74, 6) is 0.425. The third-order valence-corrected chi connectivity index (χ3v) is 2.68. The van der Waals surface area contributed by atoms with E-state index >= 15 is 0 Å². The molecule has 2 heterocycles. The summed E-state index contributed by atoms with van der Waals surface area (Å²) in [5, 5.41) is 23.0. The molecule has 0 fully saturated rings. The van der Waals surface area contributed by atoms with Crippen molar-refractivity contribution in [1.29, 1.82) is 0 Å². The zero-order valence-corrected chi connectivity index (χ0v) is 10.5. The number of rotatable bonds is 2. The van der Waals surface area contributed by atoms with E-state index in [0.29, 0.717) is 11.5 Å². The SMILES string of the molecule is Cc1nccc(-c2noc(-c3cccc(O)c3O)n2)n1. The smallest absolute Gasteiger partial charge is 0.262 e. The highest BCUT2D eigenvalue weighted by Crippen LogP contribution is 2.35. The summed E-state index contributed by atoms with van der Waals surface area (Å²) in [6.45, 7) is 1.76. The van der Waals surface area contributed by atoms with Crippen LogP contribution in [0, 0.1) is 6.92 Å². The highest BCUT2D eigenvalue weighted by atomic mass is 16.5. The molecule has 0 saturated heterocycles. The summed E-state index contributed by atoms with van der Waals surface area (Å²) in [4.78, 5) is 12.3. The lowest BCUT2D eigenvalue weighted by molar-refractivity contribution is 0.397. The first-order valence-electron chi connectivity index (χ1n) is 5.80. The van der Waals surface area contributed by atoms with Gasteiger partial charge in [-0.2, -0.15) is 4.98 Å². The fourth-order valence-electron chi connectivity index (χ4n) is 1.72. The van der Waals surface area contributed by atoms with Crippen molar-refractivity contribution in [2.75, 3.05) is 0 Å². The molecular formula is C13H10N4O3. The Morgan fingerprint density at radius 1 is 1.10 bits per heavy atom. The summed E-state index contributed by atoms with van der Waals surface area (Å²) >= 11 is 0. The molecule has 0 atom stereocenters. The lowest BCUT2D eigenvalue weighted by Gasteiger charge is -2.00. The van der Waals surface area contributed by atoms with Crippen LogP contribution < -0.4 is 0 Å². The minimum atomic E-state index is -0.304. The van der Waals surface area contributed by atoms with Gasteiger partial charge in [-0.15, -0.1) is 0 Å². The standard InChI is InChI=1S/C13H10N4O3/c1-7-14-6-5-9(15-7)12-16-13(20-17-12)8-3-2-4-10(18)11(8)19/h2-6,18-19H,1H3. The molecule has 0 unspecified atom stereocenters. The number of aromatic nitrogens is 4. The van der Waals surface area contributed by atoms with Crippen LogP contribution in [0.4, 0.5) is 0 Å². The van der Waals surface area contributed by atoms with Gasteiger partial charge in [-0.3, -0.25) is 0 Å². The van der Waals surface area contributed by atoms with E-state index in [9.17, 15) is 10.2 Å². The molecule has 0 saturated carbocycles. The number of hydrogen-bond donors (Lipinski definition) is 2. The van der Waals surface area contributed by atoms with Gasteiger partial charge in [-0.1, -0.05) is 11.2 Å². The minimum absolute atomic E-state index is 0.102. The summed E-state index contributed by atoms with van der Waals surface area (Å²) in [7, 11) is 0. The topological polar surface area (TPSA) is 105 Å². The largest absolute Gasteiger partial charge is 0.504 e. The van der Waals surface area contributed by atoms with Gasteiger partial charge in [-0.25, -0.2) is 9.97 Å². The van der Waals surface area contributed by atoms with Crippen molar-refractivity contribution < 1.29 is 14.7 Å². The van der Waals surface area contributed by atoms with E-state index in [1.54, 1.807) is 31.3 Å². The molecule has 20 heavy (non-hydrogen) atoms. The molecule has 2 N–H and O–H groups in total. The molecule has 0 radical (unpaired) electrons. The first-order chi connectivity index (χ1) is 9.65. The second-order valence-electron chi connectivity index (χ2n) is 4.09. The summed E-state index contributed by atoms with van der Waals surface area (Å²) in [6.07, 6.45) is 1.60. The highest BCUT2D eigenvalue weighted by Gasteiger charge is 2.16. The normalized spacial score (nSPS) is 10.7. The molecular weight excluding hydrogens is 260 g/mol. The monoisotopic (exact) mass is 270 g/mol. The molecule has 0 aliphatic rings. The number of aromatic hydroxyl groups is 2. The fourth-order valence-corrected chi connectivity index (χ4v) is 1.72. The van der Waals surface area contributed by atoms with Crippen LogP contribution >= 0.6 is 0 Å². The lowest BCUT2D eigenvalue weighted by Crippen LogP contribution is -1.91. The quantitative estimate of drug-likeness (QED) is 0.685. The molecule has 0 amide bonds. The first-order valence-corrected chi connectivity index (χ1v) is 5.80. The van der Waals surface area contributed by atoms with Crippen molar-refractivity contribution in [3.63, 3.8) is 0 Å². The van der Waals surface area contributed by atoms with Crippen LogP contribution in [0.1, 0.15) is 5.82 Å². The number of para-hydroxylation sites is 1. The van der Waals surface area contributed by atoms with Crippen molar-refractivity contribution in [2.24, 2.45) is 0 Å². The lowest BCUT2D eigenvalue weighted by atomic mass is 10.2. The van der Waals surface area contributed by atoms with Gasteiger partial charge >= 0.3 is 0 Å². The Morgan fingerprint density at radius 2 is 1.95 bits per heavy atom. The Bertz CT molecular complexity index is 770. The van der Waals surface area contributed by atoms with Crippen LogP contribution in [0.25, 0.3) is 23.0 Å². The molecule has 3 aromatic rings. The Balaban J connectivity index is 2.04. The summed E-state index contributed by atoms with van der Waals surface area (Å²) in [5.41, 5.74) is 0.779. The van der Waals surface area contributed by atoms with Crippen molar-refractivity contribution in [3.8, 4) is 34.5 Å². The van der Waals surface area contributed by atoms with Crippen molar-refractivity contribution in [3.05, 3.63) is 36.3 Å². The zero-order valence-electron chi connectivity index (χ0n) is 10.5. The number of nitrogens with zero attached hydrogens (tertiary/aromatic N) is 4. The Labute approximate surface area is 113 Å². The van der Waals surface area contributed by atoms with Crippen LogP contribution in [-0.2, 0) is 0 Å². The van der Waals surface area contributed by atoms with Crippen molar-refractivity contribution in [1.82, 2.24) is 20.1 Å². The van der Waals surface area contributed by atoms with Crippen LogP contribution in [0.2, 0.25) is 0 Å². The maximum Gasteiger partial charge on any atom is 0.262 e. The van der Waals surface area contributed by atoms with Gasteiger partial charge in [0.25, 0.3) is 5.89 Å². The molecule has 0 spiro atoms. The van der Waals surface area contributed by atoms with Gasteiger partial charge in [0.2, 0.25) is 5.82 Å². The average Bonchev–Trinajstić information content (AvgIpc) is 2.91. The molecule has 3 rings (SSSR count). The molecule has 7 nitrogen and oxygen atoms in total. The minimum Gasteiger partial charge on any atom is -0.504 e. The van der Waals surface area contributed by atoms with Crippen LogP contribution in [-0.4, -0.2) is 30.3 Å². The maximum atomic E-state index is 9.77. The van der Waals surface area contributed by atoms with Gasteiger partial charge in [0.15, 0.2) is 11.5 Å². The maximum absolute atomic E-state index is 9.77. The molecule has 2 aromatic heterocycles. The van der Waals surface area contributed by atoms with Gasteiger partial charge < -0.3 is 14.7 Å². The number of phenols is 2. The first kappa shape index (κ1) is 12.1. The van der Waals surface area contributed by atoms with E-state index in [1.165, 1.54) is 6.07 Å². The Morgan fingerprint density at radius 3 is 2.75 bits per heavy atom. The molecule has 1 aromatic carbocycles. The van der Waals surface area contributed by atoms with Gasteiger partial charge in [0.1, 0.15) is 11.5 Å². The van der Waals surface area contributed by atoms with Crippen LogP contribution in [0.15, 0.2) is 35.0 Å². The molecule has 100 valence electrons. The van der Waals surface area contributed by atoms with Gasteiger partial charge in [0.05, 0.1) is 5.56 Å². The third-order valence-electron chi connectivity index (χ3n) is 2.68. The van der Waals surface area contributed by atoms with Crippen molar-refractivity contribution in [2.45, 2.75) is 6.92 Å². The third kappa shape index (κ3) is 2.05. The average molecular weight is 270 g/mol. The number of phenolic OH excluding ortho intramolecular Hbond substituents is 2. The zero-order chi connectivity index (χ0) is 14.1. The molecule has 0 aliphatic heterocycles. The van der Waals surface area contributed by atoms with Crippen LogP contribution in [0.5, 0.6) is 11.5 Å². The van der Waals surface area contributed by atoms with E-state index in [0.717, 1.165) is 0 Å². The number of benzene rings is 1.